The Kier molecular flexibility index (Phi) is 3.99. The number of benzene rings is 1. The number of rotatable bonds is 3. The highest BCUT2D eigenvalue weighted by atomic mass is 16.2. The summed E-state index contributed by atoms with van der Waals surface area (Å²) in [5, 5.41) is 4.34. The molecule has 1 aromatic carbocycles. The van der Waals surface area contributed by atoms with E-state index >= 15 is 0 Å². The molecule has 2 aromatic heterocycles. The van der Waals surface area contributed by atoms with Gasteiger partial charge in [0.1, 0.15) is 0 Å². The SMILES string of the molecule is Cc1cccc2c(CCNC(=O)N3CCn4cccc4C3C)c[nH]c12. The second-order valence-corrected chi connectivity index (χ2v) is 6.79. The summed E-state index contributed by atoms with van der Waals surface area (Å²) in [6.07, 6.45) is 4.97. The zero-order valence-corrected chi connectivity index (χ0v) is 14.7. The molecule has 4 rings (SSSR count). The third-order valence-corrected chi connectivity index (χ3v) is 5.28. The van der Waals surface area contributed by atoms with E-state index in [1.54, 1.807) is 0 Å². The fourth-order valence-electron chi connectivity index (χ4n) is 3.83. The van der Waals surface area contributed by atoms with Crippen LogP contribution in [0, 0.1) is 6.92 Å². The molecule has 5 nitrogen and oxygen atoms in total. The molecule has 1 unspecified atom stereocenters. The maximum atomic E-state index is 12.6. The van der Waals surface area contributed by atoms with Crippen LogP contribution in [-0.2, 0) is 13.0 Å². The highest BCUT2D eigenvalue weighted by Crippen LogP contribution is 2.25. The van der Waals surface area contributed by atoms with E-state index in [4.69, 9.17) is 0 Å². The van der Waals surface area contributed by atoms with Gasteiger partial charge in [-0.2, -0.15) is 0 Å². The fraction of sp³-hybridized carbons (Fsp3) is 0.350. The van der Waals surface area contributed by atoms with Crippen molar-refractivity contribution in [1.82, 2.24) is 19.8 Å². The van der Waals surface area contributed by atoms with Gasteiger partial charge in [0.2, 0.25) is 0 Å². The molecule has 1 aliphatic rings. The quantitative estimate of drug-likeness (QED) is 0.754. The van der Waals surface area contributed by atoms with Crippen molar-refractivity contribution >= 4 is 16.9 Å². The average molecular weight is 336 g/mol. The van der Waals surface area contributed by atoms with E-state index < -0.39 is 0 Å². The Morgan fingerprint density at radius 2 is 2.16 bits per heavy atom. The molecule has 3 aromatic rings. The van der Waals surface area contributed by atoms with Gasteiger partial charge in [-0.05, 0) is 43.5 Å². The zero-order valence-electron chi connectivity index (χ0n) is 14.7. The summed E-state index contributed by atoms with van der Waals surface area (Å²) in [4.78, 5) is 17.9. The first kappa shape index (κ1) is 15.8. The molecule has 0 bridgehead atoms. The summed E-state index contributed by atoms with van der Waals surface area (Å²) in [6, 6.07) is 10.6. The number of amides is 2. The number of carbonyl (C=O) groups excluding carboxylic acids is 1. The van der Waals surface area contributed by atoms with Crippen LogP contribution in [0.5, 0.6) is 0 Å². The summed E-state index contributed by atoms with van der Waals surface area (Å²) >= 11 is 0. The Hall–Kier alpha value is -2.69. The van der Waals surface area contributed by atoms with Gasteiger partial charge in [-0.3, -0.25) is 0 Å². The number of aromatic amines is 1. The molecule has 0 spiro atoms. The molecule has 0 fully saturated rings. The minimum atomic E-state index is 0.0240. The first-order chi connectivity index (χ1) is 12.1. The largest absolute Gasteiger partial charge is 0.361 e. The summed E-state index contributed by atoms with van der Waals surface area (Å²) < 4.78 is 2.22. The van der Waals surface area contributed by atoms with E-state index in [0.717, 1.165) is 19.5 Å². The Bertz CT molecular complexity index is 907. The normalized spacial score (nSPS) is 16.9. The number of aromatic nitrogens is 2. The number of urea groups is 1. The number of nitrogens with one attached hydrogen (secondary N) is 2. The second-order valence-electron chi connectivity index (χ2n) is 6.79. The van der Waals surface area contributed by atoms with Gasteiger partial charge >= 0.3 is 6.03 Å². The van der Waals surface area contributed by atoms with Crippen LogP contribution >= 0.6 is 0 Å². The van der Waals surface area contributed by atoms with Crippen LogP contribution in [0.3, 0.4) is 0 Å². The first-order valence-corrected chi connectivity index (χ1v) is 8.90. The molecule has 3 heterocycles. The molecule has 0 saturated carbocycles. The fourth-order valence-corrected chi connectivity index (χ4v) is 3.83. The van der Waals surface area contributed by atoms with Crippen LogP contribution in [0.15, 0.2) is 42.7 Å². The van der Waals surface area contributed by atoms with E-state index in [1.165, 1.54) is 27.7 Å². The van der Waals surface area contributed by atoms with Crippen LogP contribution < -0.4 is 5.32 Å². The third-order valence-electron chi connectivity index (χ3n) is 5.28. The molecule has 2 N–H and O–H groups in total. The van der Waals surface area contributed by atoms with Crippen molar-refractivity contribution in [3.63, 3.8) is 0 Å². The lowest BCUT2D eigenvalue weighted by Gasteiger charge is -2.34. The van der Waals surface area contributed by atoms with Gasteiger partial charge < -0.3 is 19.8 Å². The third kappa shape index (κ3) is 2.80. The molecule has 2 amide bonds. The average Bonchev–Trinajstić information content (AvgIpc) is 3.23. The van der Waals surface area contributed by atoms with Crippen molar-refractivity contribution in [2.75, 3.05) is 13.1 Å². The van der Waals surface area contributed by atoms with Crippen molar-refractivity contribution in [2.24, 2.45) is 0 Å². The van der Waals surface area contributed by atoms with E-state index in [2.05, 4.69) is 65.4 Å². The number of fused-ring (bicyclic) bond motifs is 2. The molecule has 25 heavy (non-hydrogen) atoms. The lowest BCUT2D eigenvalue weighted by molar-refractivity contribution is 0.162. The summed E-state index contributed by atoms with van der Waals surface area (Å²) in [5.41, 5.74) is 4.89. The van der Waals surface area contributed by atoms with Gasteiger partial charge in [0.05, 0.1) is 6.04 Å². The molecule has 0 aliphatic carbocycles. The predicted molar refractivity (Wildman–Crippen MR) is 99.7 cm³/mol. The van der Waals surface area contributed by atoms with Crippen molar-refractivity contribution in [2.45, 2.75) is 32.9 Å². The zero-order chi connectivity index (χ0) is 17.4. The van der Waals surface area contributed by atoms with Crippen molar-refractivity contribution in [1.29, 1.82) is 0 Å². The maximum Gasteiger partial charge on any atom is 0.318 e. The monoisotopic (exact) mass is 336 g/mol. The summed E-state index contributed by atoms with van der Waals surface area (Å²) in [6.45, 7) is 6.46. The van der Waals surface area contributed by atoms with Crippen LogP contribution in [0.1, 0.15) is 29.8 Å². The summed E-state index contributed by atoms with van der Waals surface area (Å²) in [5.74, 6) is 0. The molecule has 5 heteroatoms. The van der Waals surface area contributed by atoms with Crippen molar-refractivity contribution < 1.29 is 4.79 Å². The van der Waals surface area contributed by atoms with E-state index in [1.807, 2.05) is 11.0 Å². The molecule has 1 atom stereocenters. The number of hydrogen-bond acceptors (Lipinski definition) is 1. The highest BCUT2D eigenvalue weighted by molar-refractivity contribution is 5.86. The highest BCUT2D eigenvalue weighted by Gasteiger charge is 2.27. The summed E-state index contributed by atoms with van der Waals surface area (Å²) in [7, 11) is 0. The van der Waals surface area contributed by atoms with Gasteiger partial charge in [0, 0.05) is 48.6 Å². The Morgan fingerprint density at radius 3 is 3.04 bits per heavy atom. The lowest BCUT2D eigenvalue weighted by atomic mass is 10.1. The minimum Gasteiger partial charge on any atom is -0.361 e. The van der Waals surface area contributed by atoms with Crippen LogP contribution in [-0.4, -0.2) is 33.6 Å². The van der Waals surface area contributed by atoms with E-state index in [-0.39, 0.29) is 12.1 Å². The van der Waals surface area contributed by atoms with Crippen LogP contribution in [0.25, 0.3) is 10.9 Å². The lowest BCUT2D eigenvalue weighted by Crippen LogP contribution is -2.46. The molecular weight excluding hydrogens is 312 g/mol. The van der Waals surface area contributed by atoms with Crippen molar-refractivity contribution in [3.05, 3.63) is 59.5 Å². The minimum absolute atomic E-state index is 0.0240. The van der Waals surface area contributed by atoms with E-state index in [0.29, 0.717) is 6.54 Å². The number of nitrogens with zero attached hydrogens (tertiary/aromatic N) is 2. The van der Waals surface area contributed by atoms with Crippen LogP contribution in [0.4, 0.5) is 4.79 Å². The van der Waals surface area contributed by atoms with Crippen LogP contribution in [0.2, 0.25) is 0 Å². The maximum absolute atomic E-state index is 12.6. The van der Waals surface area contributed by atoms with Crippen molar-refractivity contribution in [3.8, 4) is 0 Å². The Labute approximate surface area is 147 Å². The number of aryl methyl sites for hydroxylation is 1. The van der Waals surface area contributed by atoms with Gasteiger partial charge in [-0.25, -0.2) is 4.79 Å². The Balaban J connectivity index is 1.38. The first-order valence-electron chi connectivity index (χ1n) is 8.90. The smallest absolute Gasteiger partial charge is 0.318 e. The topological polar surface area (TPSA) is 53.1 Å². The molecule has 0 saturated heterocycles. The number of hydrogen-bond donors (Lipinski definition) is 2. The molecule has 0 radical (unpaired) electrons. The number of carbonyl (C=O) groups is 1. The number of H-pyrrole nitrogens is 1. The van der Waals surface area contributed by atoms with Gasteiger partial charge in [0.15, 0.2) is 0 Å². The standard InChI is InChI=1S/C20H24N4O/c1-14-5-3-6-17-16(13-22-19(14)17)8-9-21-20(25)24-12-11-23-10-4-7-18(23)15(24)2/h3-7,10,13,15,22H,8-9,11-12H2,1-2H3,(H,21,25). The molecular formula is C20H24N4O. The predicted octanol–water partition coefficient (Wildman–Crippen LogP) is 3.61. The van der Waals surface area contributed by atoms with Gasteiger partial charge in [0.25, 0.3) is 0 Å². The molecule has 130 valence electrons. The number of para-hydroxylation sites is 1. The van der Waals surface area contributed by atoms with Gasteiger partial charge in [-0.15, -0.1) is 0 Å². The second kappa shape index (κ2) is 6.31. The Morgan fingerprint density at radius 1 is 1.28 bits per heavy atom. The van der Waals surface area contributed by atoms with E-state index in [9.17, 15) is 4.79 Å². The molecule has 1 aliphatic heterocycles. The van der Waals surface area contributed by atoms with Gasteiger partial charge in [-0.1, -0.05) is 18.2 Å².